The molecule has 0 aromatic heterocycles. The van der Waals surface area contributed by atoms with Gasteiger partial charge in [-0.25, -0.2) is 4.39 Å². The Hall–Kier alpha value is -1.13. The SMILES string of the molecule is COc1ccc(C(C)NCCCCCO)cc1F. The monoisotopic (exact) mass is 255 g/mol. The first-order chi connectivity index (χ1) is 8.69. The van der Waals surface area contributed by atoms with Crippen molar-refractivity contribution in [1.82, 2.24) is 5.32 Å². The molecule has 0 saturated heterocycles. The first-order valence-corrected chi connectivity index (χ1v) is 6.36. The number of ether oxygens (including phenoxy) is 1. The third kappa shape index (κ3) is 4.63. The van der Waals surface area contributed by atoms with Crippen molar-refractivity contribution in [2.24, 2.45) is 0 Å². The molecule has 0 aliphatic heterocycles. The Labute approximate surface area is 108 Å². The number of aliphatic hydroxyl groups is 1. The molecule has 1 rings (SSSR count). The van der Waals surface area contributed by atoms with Crippen molar-refractivity contribution in [2.45, 2.75) is 32.2 Å². The number of unbranched alkanes of at least 4 members (excludes halogenated alkanes) is 2. The molecule has 1 unspecified atom stereocenters. The van der Waals surface area contributed by atoms with E-state index in [1.807, 2.05) is 13.0 Å². The van der Waals surface area contributed by atoms with Crippen LogP contribution >= 0.6 is 0 Å². The number of hydrogen-bond donors (Lipinski definition) is 2. The standard InChI is InChI=1S/C14H22FNO2/c1-11(16-8-4-3-5-9-17)12-6-7-14(18-2)13(15)10-12/h6-7,10-11,16-17H,3-5,8-9H2,1-2H3. The van der Waals surface area contributed by atoms with Crippen molar-refractivity contribution < 1.29 is 14.2 Å². The van der Waals surface area contributed by atoms with Crippen LogP contribution < -0.4 is 10.1 Å². The zero-order valence-corrected chi connectivity index (χ0v) is 11.1. The van der Waals surface area contributed by atoms with E-state index in [1.165, 1.54) is 13.2 Å². The van der Waals surface area contributed by atoms with E-state index >= 15 is 0 Å². The first-order valence-electron chi connectivity index (χ1n) is 6.36. The van der Waals surface area contributed by atoms with E-state index in [1.54, 1.807) is 6.07 Å². The second-order valence-corrected chi connectivity index (χ2v) is 4.35. The van der Waals surface area contributed by atoms with Crippen molar-refractivity contribution in [2.75, 3.05) is 20.3 Å². The maximum absolute atomic E-state index is 13.5. The Bertz CT molecular complexity index is 358. The molecule has 102 valence electrons. The molecule has 2 N–H and O–H groups in total. The second-order valence-electron chi connectivity index (χ2n) is 4.35. The summed E-state index contributed by atoms with van der Waals surface area (Å²) in [7, 11) is 1.46. The molecule has 1 aromatic rings. The molecule has 3 nitrogen and oxygen atoms in total. The number of benzene rings is 1. The van der Waals surface area contributed by atoms with E-state index in [2.05, 4.69) is 5.32 Å². The number of aliphatic hydroxyl groups excluding tert-OH is 1. The molecule has 0 aliphatic carbocycles. The Kier molecular flexibility index (Phi) is 6.68. The van der Waals surface area contributed by atoms with Gasteiger partial charge in [-0.2, -0.15) is 0 Å². The van der Waals surface area contributed by atoms with Gasteiger partial charge in [-0.15, -0.1) is 0 Å². The lowest BCUT2D eigenvalue weighted by Gasteiger charge is -2.15. The predicted octanol–water partition coefficient (Wildman–Crippen LogP) is 2.65. The minimum absolute atomic E-state index is 0.111. The number of halogens is 1. The quantitative estimate of drug-likeness (QED) is 0.702. The summed E-state index contributed by atoms with van der Waals surface area (Å²) in [6, 6.07) is 5.13. The summed E-state index contributed by atoms with van der Waals surface area (Å²) >= 11 is 0. The van der Waals surface area contributed by atoms with Crippen LogP contribution in [0.5, 0.6) is 5.75 Å². The normalized spacial score (nSPS) is 12.4. The minimum Gasteiger partial charge on any atom is -0.494 e. The van der Waals surface area contributed by atoms with E-state index in [-0.39, 0.29) is 24.2 Å². The van der Waals surface area contributed by atoms with Crippen molar-refractivity contribution in [1.29, 1.82) is 0 Å². The molecule has 1 aromatic carbocycles. The van der Waals surface area contributed by atoms with Gasteiger partial charge in [0.05, 0.1) is 7.11 Å². The highest BCUT2D eigenvalue weighted by Gasteiger charge is 2.08. The van der Waals surface area contributed by atoms with Crippen LogP contribution in [0.3, 0.4) is 0 Å². The van der Waals surface area contributed by atoms with Gasteiger partial charge in [0.15, 0.2) is 11.6 Å². The van der Waals surface area contributed by atoms with Crippen LogP contribution in [0.4, 0.5) is 4.39 Å². The van der Waals surface area contributed by atoms with Gasteiger partial charge >= 0.3 is 0 Å². The number of methoxy groups -OCH3 is 1. The largest absolute Gasteiger partial charge is 0.494 e. The molecule has 0 heterocycles. The van der Waals surface area contributed by atoms with Crippen LogP contribution in [0.25, 0.3) is 0 Å². The van der Waals surface area contributed by atoms with Crippen molar-refractivity contribution in [3.63, 3.8) is 0 Å². The van der Waals surface area contributed by atoms with E-state index < -0.39 is 0 Å². The van der Waals surface area contributed by atoms with Crippen molar-refractivity contribution in [3.8, 4) is 5.75 Å². The summed E-state index contributed by atoms with van der Waals surface area (Å²) in [6.45, 7) is 3.13. The smallest absolute Gasteiger partial charge is 0.165 e. The fourth-order valence-electron chi connectivity index (χ4n) is 1.80. The summed E-state index contributed by atoms with van der Waals surface area (Å²) in [5.41, 5.74) is 0.912. The molecule has 0 aliphatic rings. The highest BCUT2D eigenvalue weighted by atomic mass is 19.1. The van der Waals surface area contributed by atoms with E-state index in [4.69, 9.17) is 9.84 Å². The topological polar surface area (TPSA) is 41.5 Å². The van der Waals surface area contributed by atoms with Gasteiger partial charge in [-0.05, 0) is 50.4 Å². The second kappa shape index (κ2) is 8.06. The molecule has 0 bridgehead atoms. The van der Waals surface area contributed by atoms with Crippen LogP contribution in [0.1, 0.15) is 37.8 Å². The Morgan fingerprint density at radius 3 is 2.72 bits per heavy atom. The average Bonchev–Trinajstić information content (AvgIpc) is 2.38. The third-order valence-corrected chi connectivity index (χ3v) is 2.96. The molecular weight excluding hydrogens is 233 g/mol. The number of rotatable bonds is 8. The first kappa shape index (κ1) is 14.9. The van der Waals surface area contributed by atoms with E-state index in [0.29, 0.717) is 0 Å². The fourth-order valence-corrected chi connectivity index (χ4v) is 1.80. The van der Waals surface area contributed by atoms with Gasteiger partial charge in [0.25, 0.3) is 0 Å². The maximum Gasteiger partial charge on any atom is 0.165 e. The molecule has 0 amide bonds. The van der Waals surface area contributed by atoms with Crippen molar-refractivity contribution >= 4 is 0 Å². The molecule has 18 heavy (non-hydrogen) atoms. The van der Waals surface area contributed by atoms with Crippen LogP contribution in [0.2, 0.25) is 0 Å². The minimum atomic E-state index is -0.330. The van der Waals surface area contributed by atoms with Gasteiger partial charge in [-0.3, -0.25) is 0 Å². The van der Waals surface area contributed by atoms with Gasteiger partial charge < -0.3 is 15.2 Å². The molecule has 0 radical (unpaired) electrons. The number of nitrogens with one attached hydrogen (secondary N) is 1. The average molecular weight is 255 g/mol. The van der Waals surface area contributed by atoms with Gasteiger partial charge in [-0.1, -0.05) is 6.07 Å². The Morgan fingerprint density at radius 2 is 2.11 bits per heavy atom. The Balaban J connectivity index is 2.41. The van der Waals surface area contributed by atoms with Gasteiger partial charge in [0.1, 0.15) is 0 Å². The Morgan fingerprint density at radius 1 is 1.33 bits per heavy atom. The van der Waals surface area contributed by atoms with Gasteiger partial charge in [0, 0.05) is 12.6 Å². The van der Waals surface area contributed by atoms with Crippen LogP contribution in [-0.2, 0) is 0 Å². The zero-order valence-electron chi connectivity index (χ0n) is 11.1. The molecule has 0 fully saturated rings. The van der Waals surface area contributed by atoms with E-state index in [0.717, 1.165) is 31.4 Å². The summed E-state index contributed by atoms with van der Waals surface area (Å²) < 4.78 is 18.4. The summed E-state index contributed by atoms with van der Waals surface area (Å²) in [4.78, 5) is 0. The van der Waals surface area contributed by atoms with Crippen LogP contribution in [-0.4, -0.2) is 25.4 Å². The fraction of sp³-hybridized carbons (Fsp3) is 0.571. The summed E-state index contributed by atoms with van der Waals surface area (Å²) in [5, 5.41) is 12.0. The maximum atomic E-state index is 13.5. The van der Waals surface area contributed by atoms with Gasteiger partial charge in [0.2, 0.25) is 0 Å². The molecule has 0 saturated carbocycles. The van der Waals surface area contributed by atoms with Crippen LogP contribution in [0, 0.1) is 5.82 Å². The van der Waals surface area contributed by atoms with Crippen LogP contribution in [0.15, 0.2) is 18.2 Å². The summed E-state index contributed by atoms with van der Waals surface area (Å²) in [6.07, 6.45) is 2.87. The summed E-state index contributed by atoms with van der Waals surface area (Å²) in [5.74, 6) is -0.0576. The lowest BCUT2D eigenvalue weighted by molar-refractivity contribution is 0.282. The molecular formula is C14H22FNO2. The highest BCUT2D eigenvalue weighted by molar-refractivity contribution is 5.30. The molecule has 0 spiro atoms. The molecule has 1 atom stereocenters. The predicted molar refractivity (Wildman–Crippen MR) is 70.3 cm³/mol. The number of hydrogen-bond acceptors (Lipinski definition) is 3. The molecule has 4 heteroatoms. The lowest BCUT2D eigenvalue weighted by Crippen LogP contribution is -2.20. The zero-order chi connectivity index (χ0) is 13.4. The van der Waals surface area contributed by atoms with Crippen molar-refractivity contribution in [3.05, 3.63) is 29.6 Å². The highest BCUT2D eigenvalue weighted by Crippen LogP contribution is 2.21. The van der Waals surface area contributed by atoms with E-state index in [9.17, 15) is 4.39 Å². The lowest BCUT2D eigenvalue weighted by atomic mass is 10.1. The third-order valence-electron chi connectivity index (χ3n) is 2.96.